The molecule has 11 nitrogen and oxygen atoms in total. The van der Waals surface area contributed by atoms with E-state index in [1.807, 2.05) is 12.2 Å². The highest BCUT2D eigenvalue weighted by atomic mass is 31.2. The van der Waals surface area contributed by atoms with Crippen molar-refractivity contribution >= 4 is 25.7 Å². The Bertz CT molecular complexity index is 1540. The summed E-state index contributed by atoms with van der Waals surface area (Å²) in [5.74, 6) is -2.49. The van der Waals surface area contributed by atoms with Crippen LogP contribution in [0.15, 0.2) is 122 Å². The third kappa shape index (κ3) is 44.5. The van der Waals surface area contributed by atoms with Gasteiger partial charge in [-0.15, -0.1) is 0 Å². The number of aliphatic hydroxyl groups excluding tert-OH is 1. The molecule has 0 heterocycles. The first kappa shape index (κ1) is 59.9. The molecule has 0 fully saturated rings. The minimum Gasteiger partial charge on any atom is -0.480 e. The number of hydrogen-bond acceptors (Lipinski definition) is 8. The van der Waals surface area contributed by atoms with Crippen molar-refractivity contribution < 1.29 is 47.8 Å². The van der Waals surface area contributed by atoms with Crippen LogP contribution >= 0.6 is 7.82 Å². The maximum Gasteiger partial charge on any atom is 0.472 e. The molecule has 0 aromatic carbocycles. The van der Waals surface area contributed by atoms with Gasteiger partial charge in [-0.3, -0.25) is 18.6 Å². The lowest BCUT2D eigenvalue weighted by Gasteiger charge is -2.18. The summed E-state index contributed by atoms with van der Waals surface area (Å²) in [6.45, 7) is 2.36. The number of rotatable bonds is 42. The van der Waals surface area contributed by atoms with Gasteiger partial charge in [-0.25, -0.2) is 9.36 Å². The number of amides is 1. The van der Waals surface area contributed by atoms with E-state index in [9.17, 15) is 34.1 Å². The number of esters is 1. The summed E-state index contributed by atoms with van der Waals surface area (Å²) in [5.41, 5.74) is 0. The van der Waals surface area contributed by atoms with Gasteiger partial charge in [0.25, 0.3) is 0 Å². The summed E-state index contributed by atoms with van der Waals surface area (Å²) in [4.78, 5) is 46.0. The predicted molar refractivity (Wildman–Crippen MR) is 263 cm³/mol. The largest absolute Gasteiger partial charge is 0.480 e. The molecule has 0 spiro atoms. The molecule has 360 valence electrons. The van der Waals surface area contributed by atoms with Crippen LogP contribution in [0, 0.1) is 0 Å². The van der Waals surface area contributed by atoms with E-state index >= 15 is 0 Å². The average Bonchev–Trinajstić information content (AvgIpc) is 3.27. The van der Waals surface area contributed by atoms with Crippen molar-refractivity contribution in [3.8, 4) is 0 Å². The van der Waals surface area contributed by atoms with Crippen molar-refractivity contribution in [1.29, 1.82) is 0 Å². The normalized spacial score (nSPS) is 14.7. The molecule has 0 radical (unpaired) electrons. The van der Waals surface area contributed by atoms with Gasteiger partial charge in [-0.1, -0.05) is 161 Å². The number of allylic oxidation sites excluding steroid dienone is 20. The number of unbranched alkanes of at least 4 members (excludes halogenated alkanes) is 8. The van der Waals surface area contributed by atoms with Crippen LogP contribution in [0.3, 0.4) is 0 Å². The van der Waals surface area contributed by atoms with E-state index in [2.05, 4.69) is 129 Å². The molecule has 0 aliphatic carbocycles. The van der Waals surface area contributed by atoms with E-state index in [0.717, 1.165) is 89.9 Å². The van der Waals surface area contributed by atoms with Gasteiger partial charge < -0.3 is 25.2 Å². The van der Waals surface area contributed by atoms with Gasteiger partial charge in [-0.2, -0.15) is 0 Å². The Morgan fingerprint density at radius 2 is 0.922 bits per heavy atom. The number of carboxylic acid groups (broad SMARTS) is 1. The molecule has 1 amide bonds. The molecule has 64 heavy (non-hydrogen) atoms. The number of phosphoric ester groups is 1. The third-order valence-electron chi connectivity index (χ3n) is 9.23. The number of nitrogens with one attached hydrogen (secondary N) is 1. The predicted octanol–water partition coefficient (Wildman–Crippen LogP) is 12.8. The molecule has 0 saturated carbocycles. The van der Waals surface area contributed by atoms with Crippen LogP contribution in [0.1, 0.15) is 155 Å². The van der Waals surface area contributed by atoms with E-state index in [-0.39, 0.29) is 12.8 Å². The van der Waals surface area contributed by atoms with Crippen LogP contribution in [0.5, 0.6) is 0 Å². The highest BCUT2D eigenvalue weighted by Crippen LogP contribution is 2.43. The van der Waals surface area contributed by atoms with Crippen LogP contribution in [0.25, 0.3) is 0 Å². The van der Waals surface area contributed by atoms with E-state index < -0.39 is 57.6 Å². The first-order valence-corrected chi connectivity index (χ1v) is 25.1. The van der Waals surface area contributed by atoms with Crippen LogP contribution in [-0.2, 0) is 32.7 Å². The van der Waals surface area contributed by atoms with Crippen LogP contribution < -0.4 is 5.32 Å². The Labute approximate surface area is 386 Å². The second-order valence-electron chi connectivity index (χ2n) is 15.2. The number of aliphatic hydroxyl groups is 1. The molecule has 0 aliphatic rings. The summed E-state index contributed by atoms with van der Waals surface area (Å²) in [6.07, 6.45) is 60.8. The number of hydrogen-bond donors (Lipinski definition) is 4. The molecular weight excluding hydrogens is 830 g/mol. The van der Waals surface area contributed by atoms with E-state index in [0.29, 0.717) is 19.3 Å². The zero-order chi connectivity index (χ0) is 47.0. The molecule has 12 heteroatoms. The van der Waals surface area contributed by atoms with E-state index in [4.69, 9.17) is 13.8 Å². The van der Waals surface area contributed by atoms with E-state index in [1.165, 1.54) is 19.3 Å². The lowest BCUT2D eigenvalue weighted by molar-refractivity contribution is -0.147. The van der Waals surface area contributed by atoms with Gasteiger partial charge in [0.05, 0.1) is 13.2 Å². The van der Waals surface area contributed by atoms with Crippen LogP contribution in [0.2, 0.25) is 0 Å². The fourth-order valence-electron chi connectivity index (χ4n) is 5.60. The lowest BCUT2D eigenvalue weighted by Crippen LogP contribution is -2.43. The van der Waals surface area contributed by atoms with Crippen molar-refractivity contribution in [3.05, 3.63) is 122 Å². The maximum absolute atomic E-state index is 12.3. The van der Waals surface area contributed by atoms with Crippen molar-refractivity contribution in [1.82, 2.24) is 5.32 Å². The van der Waals surface area contributed by atoms with Gasteiger partial charge in [0.1, 0.15) is 12.7 Å². The van der Waals surface area contributed by atoms with Crippen molar-refractivity contribution in [2.24, 2.45) is 0 Å². The number of aliphatic carboxylic acids is 1. The van der Waals surface area contributed by atoms with Crippen molar-refractivity contribution in [3.63, 3.8) is 0 Å². The number of carboxylic acids is 1. The smallest absolute Gasteiger partial charge is 0.472 e. The maximum atomic E-state index is 12.3. The molecule has 3 atom stereocenters. The zero-order valence-corrected chi connectivity index (χ0v) is 39.9. The molecule has 0 rings (SSSR count). The fraction of sp³-hybridized carbons (Fsp3) is 0.558. The molecular formula is C52H82NO10P. The fourth-order valence-corrected chi connectivity index (χ4v) is 6.38. The average molecular weight is 912 g/mol. The van der Waals surface area contributed by atoms with Gasteiger partial charge in [-0.05, 0) is 103 Å². The topological polar surface area (TPSA) is 169 Å². The molecule has 0 aliphatic heterocycles. The number of ether oxygens (including phenoxy) is 1. The van der Waals surface area contributed by atoms with Crippen molar-refractivity contribution in [2.45, 2.75) is 167 Å². The number of phosphoric acid groups is 1. The van der Waals surface area contributed by atoms with E-state index in [1.54, 1.807) is 0 Å². The molecule has 0 bridgehead atoms. The Kier molecular flexibility index (Phi) is 42.5. The summed E-state index contributed by atoms with van der Waals surface area (Å²) in [6, 6.07) is -1.58. The first-order valence-electron chi connectivity index (χ1n) is 23.6. The highest BCUT2D eigenvalue weighted by Gasteiger charge is 2.28. The Morgan fingerprint density at radius 1 is 0.516 bits per heavy atom. The number of carbonyl (C=O) groups is 3. The minimum absolute atomic E-state index is 0.104. The highest BCUT2D eigenvalue weighted by molar-refractivity contribution is 7.47. The van der Waals surface area contributed by atoms with Crippen molar-refractivity contribution in [2.75, 3.05) is 19.8 Å². The molecule has 0 aromatic rings. The van der Waals surface area contributed by atoms with Gasteiger partial charge in [0.15, 0.2) is 6.04 Å². The van der Waals surface area contributed by atoms with Gasteiger partial charge >= 0.3 is 19.8 Å². The number of carbonyl (C=O) groups excluding carboxylic acids is 2. The molecule has 0 aromatic heterocycles. The summed E-state index contributed by atoms with van der Waals surface area (Å²) < 4.78 is 26.8. The van der Waals surface area contributed by atoms with Gasteiger partial charge in [0.2, 0.25) is 5.91 Å². The Balaban J connectivity index is 4.03. The lowest BCUT2D eigenvalue weighted by atomic mass is 10.1. The second-order valence-corrected chi connectivity index (χ2v) is 16.7. The van der Waals surface area contributed by atoms with Crippen LogP contribution in [-0.4, -0.2) is 64.9 Å². The molecule has 0 saturated heterocycles. The zero-order valence-electron chi connectivity index (χ0n) is 39.0. The third-order valence-corrected chi connectivity index (χ3v) is 10.2. The minimum atomic E-state index is -4.79. The van der Waals surface area contributed by atoms with Crippen LogP contribution in [0.4, 0.5) is 0 Å². The first-order chi connectivity index (χ1) is 31.1. The monoisotopic (exact) mass is 912 g/mol. The Hall–Kier alpha value is -4.12. The standard InChI is InChI=1S/C52H82NO10P/c1-3-5-7-9-11-13-15-17-19-21-22-23-24-25-26-28-29-31-33-35-37-39-41-43-50(55)53-49(52(57)58)47-63-64(59,60)62-46-48(54)45-61-51(56)44-42-40-38-36-34-32-30-27-20-18-16-14-12-10-8-6-4-2/h5,7,11-14,17-20,22-23,25-26,29-32,36,38,48-49,54H,3-4,6,8-10,15-16,21,24,27-28,33-35,37,39-47H2,1-2H3,(H,53,55)(H,57,58)(H,59,60)/b7-5-,13-11-,14-12-,19-17-,20-18-,23-22-,26-25-,31-29-,32-30-,38-36-. The molecule has 3 unspecified atom stereocenters. The summed E-state index contributed by atoms with van der Waals surface area (Å²) in [7, 11) is -4.79. The molecule has 4 N–H and O–H groups in total. The summed E-state index contributed by atoms with van der Waals surface area (Å²) in [5, 5.41) is 21.8. The Morgan fingerprint density at radius 3 is 1.38 bits per heavy atom. The SMILES string of the molecule is CC/C=C\C/C=C\C/C=C\C/C=C\C/C=C\C/C=C\CCCCCCC(=O)NC(COP(=O)(O)OCC(O)COC(=O)CCC/C=C\C/C=C\C/C=C\C/C=C\CCCCC)C(=O)O. The quantitative estimate of drug-likeness (QED) is 0.0200. The second kappa shape index (κ2) is 45.4. The van der Waals surface area contributed by atoms with Gasteiger partial charge in [0, 0.05) is 12.8 Å². The summed E-state index contributed by atoms with van der Waals surface area (Å²) >= 11 is 0.